The number of carbonyl (C=O) groups excluding carboxylic acids is 2. The lowest BCUT2D eigenvalue weighted by molar-refractivity contribution is -0.183. The molecule has 0 bridgehead atoms. The zero-order chi connectivity index (χ0) is 14.1. The van der Waals surface area contributed by atoms with Crippen molar-refractivity contribution in [1.82, 2.24) is 0 Å². The van der Waals surface area contributed by atoms with Crippen LogP contribution in [0.1, 0.15) is 39.5 Å². The van der Waals surface area contributed by atoms with Crippen LogP contribution in [-0.4, -0.2) is 44.2 Å². The van der Waals surface area contributed by atoms with Crippen LogP contribution in [0.2, 0.25) is 0 Å². The summed E-state index contributed by atoms with van der Waals surface area (Å²) in [5.74, 6) is -0.506. The zero-order valence-corrected chi connectivity index (χ0v) is 11.6. The van der Waals surface area contributed by atoms with Gasteiger partial charge >= 0.3 is 11.9 Å². The van der Waals surface area contributed by atoms with Gasteiger partial charge in [0, 0.05) is 12.8 Å². The molecule has 0 saturated carbocycles. The van der Waals surface area contributed by atoms with Crippen LogP contribution >= 0.6 is 0 Å². The van der Waals surface area contributed by atoms with E-state index in [4.69, 9.17) is 18.9 Å². The van der Waals surface area contributed by atoms with E-state index in [1.54, 1.807) is 0 Å². The molecule has 0 aromatic carbocycles. The standard InChI is InChI=1S/C13H22O6/c1-10(2)18-12(14)5-3-4-6-13(15)19-11-7-16-9-17-8-11/h10-11H,3-9H2,1-2H3. The second-order valence-corrected chi connectivity index (χ2v) is 4.72. The van der Waals surface area contributed by atoms with Crippen molar-refractivity contribution in [2.75, 3.05) is 20.0 Å². The maximum Gasteiger partial charge on any atom is 0.306 e. The van der Waals surface area contributed by atoms with Gasteiger partial charge in [-0.15, -0.1) is 0 Å². The fourth-order valence-electron chi connectivity index (χ4n) is 1.64. The van der Waals surface area contributed by atoms with Crippen LogP contribution in [0.15, 0.2) is 0 Å². The van der Waals surface area contributed by atoms with E-state index in [0.29, 0.717) is 38.9 Å². The number of esters is 2. The van der Waals surface area contributed by atoms with Crippen molar-refractivity contribution in [1.29, 1.82) is 0 Å². The molecule has 1 heterocycles. The maximum absolute atomic E-state index is 11.5. The second kappa shape index (κ2) is 8.87. The van der Waals surface area contributed by atoms with E-state index in [1.807, 2.05) is 13.8 Å². The molecule has 6 heteroatoms. The Bertz CT molecular complexity index is 283. The molecular weight excluding hydrogens is 252 g/mol. The van der Waals surface area contributed by atoms with E-state index >= 15 is 0 Å². The molecule has 19 heavy (non-hydrogen) atoms. The van der Waals surface area contributed by atoms with Gasteiger partial charge in [0.2, 0.25) is 0 Å². The summed E-state index contributed by atoms with van der Waals surface area (Å²) in [6, 6.07) is 0. The highest BCUT2D eigenvalue weighted by Crippen LogP contribution is 2.07. The SMILES string of the molecule is CC(C)OC(=O)CCCCC(=O)OC1COCOC1. The van der Waals surface area contributed by atoms with Gasteiger partial charge in [-0.1, -0.05) is 0 Å². The largest absolute Gasteiger partial charge is 0.463 e. The van der Waals surface area contributed by atoms with Gasteiger partial charge in [-0.3, -0.25) is 9.59 Å². The number of unbranched alkanes of at least 4 members (excludes halogenated alkanes) is 1. The van der Waals surface area contributed by atoms with Gasteiger partial charge in [0.25, 0.3) is 0 Å². The molecule has 1 aliphatic rings. The molecule has 1 aliphatic heterocycles. The Morgan fingerprint density at radius 1 is 1.11 bits per heavy atom. The first-order valence-corrected chi connectivity index (χ1v) is 6.62. The van der Waals surface area contributed by atoms with Crippen molar-refractivity contribution in [3.63, 3.8) is 0 Å². The average molecular weight is 274 g/mol. The summed E-state index contributed by atoms with van der Waals surface area (Å²) < 4.78 is 20.2. The monoisotopic (exact) mass is 274 g/mol. The first-order chi connectivity index (χ1) is 9.08. The molecule has 0 atom stereocenters. The molecule has 0 radical (unpaired) electrons. The van der Waals surface area contributed by atoms with Crippen LogP contribution < -0.4 is 0 Å². The Morgan fingerprint density at radius 2 is 1.68 bits per heavy atom. The minimum atomic E-state index is -0.313. The van der Waals surface area contributed by atoms with Gasteiger partial charge < -0.3 is 18.9 Å². The molecular formula is C13H22O6. The summed E-state index contributed by atoms with van der Waals surface area (Å²) >= 11 is 0. The van der Waals surface area contributed by atoms with Crippen LogP contribution in [0.5, 0.6) is 0 Å². The minimum absolute atomic E-state index is 0.0937. The Hall–Kier alpha value is -1.14. The van der Waals surface area contributed by atoms with Crippen molar-refractivity contribution < 1.29 is 28.5 Å². The van der Waals surface area contributed by atoms with E-state index < -0.39 is 0 Å². The molecule has 110 valence electrons. The second-order valence-electron chi connectivity index (χ2n) is 4.72. The predicted molar refractivity (Wildman–Crippen MR) is 66.3 cm³/mol. The summed E-state index contributed by atoms with van der Waals surface area (Å²) in [7, 11) is 0. The molecule has 0 N–H and O–H groups in total. The Kier molecular flexibility index (Phi) is 7.43. The third-order valence-corrected chi connectivity index (χ3v) is 2.45. The summed E-state index contributed by atoms with van der Waals surface area (Å²) in [5, 5.41) is 0. The van der Waals surface area contributed by atoms with Crippen LogP contribution in [0, 0.1) is 0 Å². The van der Waals surface area contributed by atoms with Crippen molar-refractivity contribution in [2.24, 2.45) is 0 Å². The van der Waals surface area contributed by atoms with Gasteiger partial charge in [-0.25, -0.2) is 0 Å². The van der Waals surface area contributed by atoms with E-state index in [2.05, 4.69) is 0 Å². The molecule has 1 rings (SSSR count). The molecule has 0 spiro atoms. The topological polar surface area (TPSA) is 71.1 Å². The fourth-order valence-corrected chi connectivity index (χ4v) is 1.64. The summed E-state index contributed by atoms with van der Waals surface area (Å²) in [6.07, 6.45) is 1.46. The Labute approximate surface area is 113 Å². The Balaban J connectivity index is 2.02. The molecule has 0 aromatic rings. The highest BCUT2D eigenvalue weighted by atomic mass is 16.7. The maximum atomic E-state index is 11.5. The van der Waals surface area contributed by atoms with Crippen molar-refractivity contribution >= 4 is 11.9 Å². The van der Waals surface area contributed by atoms with E-state index in [1.165, 1.54) is 0 Å². The number of hydrogen-bond acceptors (Lipinski definition) is 6. The molecule has 0 aliphatic carbocycles. The van der Waals surface area contributed by atoms with Gasteiger partial charge in [0.1, 0.15) is 12.9 Å². The van der Waals surface area contributed by atoms with E-state index in [0.717, 1.165) is 0 Å². The Morgan fingerprint density at radius 3 is 2.26 bits per heavy atom. The quantitative estimate of drug-likeness (QED) is 0.516. The summed E-state index contributed by atoms with van der Waals surface area (Å²) in [4.78, 5) is 22.7. The first-order valence-electron chi connectivity index (χ1n) is 6.62. The van der Waals surface area contributed by atoms with E-state index in [-0.39, 0.29) is 30.9 Å². The number of ether oxygens (including phenoxy) is 4. The van der Waals surface area contributed by atoms with Gasteiger partial charge in [0.15, 0.2) is 0 Å². The molecule has 1 fully saturated rings. The average Bonchev–Trinajstić information content (AvgIpc) is 2.35. The van der Waals surface area contributed by atoms with Crippen molar-refractivity contribution in [2.45, 2.75) is 51.7 Å². The van der Waals surface area contributed by atoms with Crippen LogP contribution in [0.3, 0.4) is 0 Å². The third kappa shape index (κ3) is 7.79. The predicted octanol–water partition coefficient (Wildman–Crippen LogP) is 1.41. The number of rotatable bonds is 7. The van der Waals surface area contributed by atoms with Crippen molar-refractivity contribution in [3.05, 3.63) is 0 Å². The van der Waals surface area contributed by atoms with E-state index in [9.17, 15) is 9.59 Å². The van der Waals surface area contributed by atoms with Crippen LogP contribution in [0.25, 0.3) is 0 Å². The van der Waals surface area contributed by atoms with Gasteiger partial charge in [0.05, 0.1) is 19.3 Å². The normalized spacial score (nSPS) is 16.4. The molecule has 6 nitrogen and oxygen atoms in total. The number of carbonyl (C=O) groups is 2. The lowest BCUT2D eigenvalue weighted by atomic mass is 10.2. The lowest BCUT2D eigenvalue weighted by Crippen LogP contribution is -2.33. The third-order valence-electron chi connectivity index (χ3n) is 2.45. The molecule has 0 aromatic heterocycles. The minimum Gasteiger partial charge on any atom is -0.463 e. The van der Waals surface area contributed by atoms with Crippen LogP contribution in [0.4, 0.5) is 0 Å². The van der Waals surface area contributed by atoms with Crippen LogP contribution in [-0.2, 0) is 28.5 Å². The smallest absolute Gasteiger partial charge is 0.306 e. The molecule has 0 unspecified atom stereocenters. The number of hydrogen-bond donors (Lipinski definition) is 0. The zero-order valence-electron chi connectivity index (χ0n) is 11.6. The first kappa shape index (κ1) is 15.9. The highest BCUT2D eigenvalue weighted by molar-refractivity contribution is 5.70. The fraction of sp³-hybridized carbons (Fsp3) is 0.846. The summed E-state index contributed by atoms with van der Waals surface area (Å²) in [6.45, 7) is 4.64. The molecule has 0 amide bonds. The lowest BCUT2D eigenvalue weighted by Gasteiger charge is -2.22. The molecule has 1 saturated heterocycles. The summed E-state index contributed by atoms with van der Waals surface area (Å²) in [5.41, 5.74) is 0. The van der Waals surface area contributed by atoms with Gasteiger partial charge in [-0.2, -0.15) is 0 Å². The highest BCUT2D eigenvalue weighted by Gasteiger charge is 2.18. The van der Waals surface area contributed by atoms with Crippen molar-refractivity contribution in [3.8, 4) is 0 Å². The van der Waals surface area contributed by atoms with Gasteiger partial charge in [-0.05, 0) is 26.7 Å².